The maximum atomic E-state index is 12.7. The molecule has 7 heteroatoms. The van der Waals surface area contributed by atoms with Crippen LogP contribution in [0.15, 0.2) is 24.3 Å². The molecule has 1 amide bonds. The first-order chi connectivity index (χ1) is 11.6. The third-order valence-corrected chi connectivity index (χ3v) is 4.55. The molecule has 1 aromatic heterocycles. The van der Waals surface area contributed by atoms with E-state index in [1.54, 1.807) is 18.5 Å². The van der Waals surface area contributed by atoms with Crippen LogP contribution in [0, 0.1) is 19.8 Å². The van der Waals surface area contributed by atoms with Crippen LogP contribution >= 0.6 is 0 Å². The minimum atomic E-state index is -0.961. The largest absolute Gasteiger partial charge is 0.481 e. The fourth-order valence-corrected chi connectivity index (χ4v) is 2.57. The van der Waals surface area contributed by atoms with E-state index in [1.165, 1.54) is 0 Å². The number of nitrogens with one attached hydrogen (secondary N) is 1. The van der Waals surface area contributed by atoms with Crippen LogP contribution < -0.4 is 5.32 Å². The van der Waals surface area contributed by atoms with E-state index in [2.05, 4.69) is 15.6 Å². The number of amides is 1. The summed E-state index contributed by atoms with van der Waals surface area (Å²) in [5, 5.41) is 20.0. The van der Waals surface area contributed by atoms with Crippen molar-refractivity contribution in [2.75, 3.05) is 0 Å². The van der Waals surface area contributed by atoms with Gasteiger partial charge in [-0.1, -0.05) is 31.2 Å². The number of aliphatic carboxylic acids is 1. The lowest BCUT2D eigenvalue weighted by molar-refractivity contribution is -0.138. The van der Waals surface area contributed by atoms with Crippen LogP contribution in [-0.4, -0.2) is 37.5 Å². The summed E-state index contributed by atoms with van der Waals surface area (Å²) in [6.45, 7) is 9.22. The Hall–Kier alpha value is -2.70. The summed E-state index contributed by atoms with van der Waals surface area (Å²) in [7, 11) is 0. The molecule has 0 radical (unpaired) electrons. The van der Waals surface area contributed by atoms with Crippen LogP contribution in [0.25, 0.3) is 5.69 Å². The van der Waals surface area contributed by atoms with Crippen LogP contribution in [-0.2, 0) is 4.79 Å². The SMILES string of the molecule is Cc1cccc(-n2nnc(C(=O)NC(C)(CC(=O)O)C(C)C)c2C)c1. The van der Waals surface area contributed by atoms with Gasteiger partial charge in [-0.15, -0.1) is 5.10 Å². The van der Waals surface area contributed by atoms with E-state index in [-0.39, 0.29) is 18.0 Å². The highest BCUT2D eigenvalue weighted by Crippen LogP contribution is 2.22. The molecule has 134 valence electrons. The fourth-order valence-electron chi connectivity index (χ4n) is 2.57. The second kappa shape index (κ2) is 7.04. The lowest BCUT2D eigenvalue weighted by Crippen LogP contribution is -2.51. The third kappa shape index (κ3) is 4.04. The molecule has 1 unspecified atom stereocenters. The molecule has 0 bridgehead atoms. The highest BCUT2D eigenvalue weighted by atomic mass is 16.4. The summed E-state index contributed by atoms with van der Waals surface area (Å²) >= 11 is 0. The van der Waals surface area contributed by atoms with Crippen LogP contribution in [0.4, 0.5) is 0 Å². The molecular weight excluding hydrogens is 320 g/mol. The quantitative estimate of drug-likeness (QED) is 0.839. The Kier molecular flexibility index (Phi) is 5.25. The molecule has 0 fully saturated rings. The molecule has 1 aromatic carbocycles. The maximum Gasteiger partial charge on any atom is 0.305 e. The van der Waals surface area contributed by atoms with E-state index < -0.39 is 17.4 Å². The number of carbonyl (C=O) groups is 2. The average Bonchev–Trinajstić information content (AvgIpc) is 2.88. The summed E-state index contributed by atoms with van der Waals surface area (Å²) in [6.07, 6.45) is -0.165. The van der Waals surface area contributed by atoms with E-state index in [1.807, 2.05) is 45.0 Å². The molecule has 0 spiro atoms. The standard InChI is InChI=1S/C18H24N4O3/c1-11(2)18(5,10-15(23)24)19-17(25)16-13(4)22(21-20-16)14-8-6-7-12(3)9-14/h6-9,11H,10H2,1-5H3,(H,19,25)(H,23,24). The summed E-state index contributed by atoms with van der Waals surface area (Å²) in [6, 6.07) is 7.72. The third-order valence-electron chi connectivity index (χ3n) is 4.55. The van der Waals surface area contributed by atoms with Gasteiger partial charge in [0, 0.05) is 0 Å². The molecule has 2 N–H and O–H groups in total. The molecule has 0 aliphatic rings. The Bertz CT molecular complexity index is 797. The van der Waals surface area contributed by atoms with Crippen LogP contribution in [0.1, 0.15) is 48.9 Å². The van der Waals surface area contributed by atoms with E-state index in [0.717, 1.165) is 11.3 Å². The molecule has 1 heterocycles. The zero-order valence-corrected chi connectivity index (χ0v) is 15.2. The van der Waals surface area contributed by atoms with Crippen molar-refractivity contribution >= 4 is 11.9 Å². The Morgan fingerprint density at radius 3 is 2.56 bits per heavy atom. The molecule has 0 saturated carbocycles. The van der Waals surface area contributed by atoms with Gasteiger partial charge < -0.3 is 10.4 Å². The highest BCUT2D eigenvalue weighted by molar-refractivity contribution is 5.94. The first-order valence-corrected chi connectivity index (χ1v) is 8.17. The number of hydrogen-bond acceptors (Lipinski definition) is 4. The van der Waals surface area contributed by atoms with Crippen molar-refractivity contribution in [3.8, 4) is 5.69 Å². The number of benzene rings is 1. The minimum Gasteiger partial charge on any atom is -0.481 e. The van der Waals surface area contributed by atoms with Crippen LogP contribution in [0.2, 0.25) is 0 Å². The molecule has 7 nitrogen and oxygen atoms in total. The number of carbonyl (C=O) groups excluding carboxylic acids is 1. The van der Waals surface area contributed by atoms with Crippen molar-refractivity contribution in [3.05, 3.63) is 41.2 Å². The van der Waals surface area contributed by atoms with Gasteiger partial charge in [-0.3, -0.25) is 9.59 Å². The van der Waals surface area contributed by atoms with Crippen molar-refractivity contribution in [2.45, 2.75) is 46.6 Å². The first-order valence-electron chi connectivity index (χ1n) is 8.17. The first kappa shape index (κ1) is 18.6. The topological polar surface area (TPSA) is 97.1 Å². The van der Waals surface area contributed by atoms with Crippen molar-refractivity contribution in [3.63, 3.8) is 0 Å². The van der Waals surface area contributed by atoms with Gasteiger partial charge in [-0.05, 0) is 44.4 Å². The average molecular weight is 344 g/mol. The fraction of sp³-hybridized carbons (Fsp3) is 0.444. The van der Waals surface area contributed by atoms with E-state index in [0.29, 0.717) is 5.69 Å². The van der Waals surface area contributed by atoms with Gasteiger partial charge >= 0.3 is 5.97 Å². The summed E-state index contributed by atoms with van der Waals surface area (Å²) in [5.41, 5.74) is 1.82. The normalized spacial score (nSPS) is 13.5. The summed E-state index contributed by atoms with van der Waals surface area (Å²) in [5.74, 6) is -1.44. The van der Waals surface area contributed by atoms with Gasteiger partial charge in [-0.2, -0.15) is 0 Å². The van der Waals surface area contributed by atoms with Crippen molar-refractivity contribution in [1.29, 1.82) is 0 Å². The van der Waals surface area contributed by atoms with E-state index >= 15 is 0 Å². The molecule has 0 aliphatic heterocycles. The van der Waals surface area contributed by atoms with E-state index in [4.69, 9.17) is 5.11 Å². The van der Waals surface area contributed by atoms with Crippen molar-refractivity contribution in [1.82, 2.24) is 20.3 Å². The summed E-state index contributed by atoms with van der Waals surface area (Å²) in [4.78, 5) is 23.8. The molecule has 25 heavy (non-hydrogen) atoms. The molecule has 0 saturated heterocycles. The van der Waals surface area contributed by atoms with Gasteiger partial charge in [0.2, 0.25) is 0 Å². The van der Waals surface area contributed by atoms with Gasteiger partial charge in [0.1, 0.15) is 0 Å². The maximum absolute atomic E-state index is 12.7. The van der Waals surface area contributed by atoms with Gasteiger partial charge in [0.05, 0.1) is 23.3 Å². The lowest BCUT2D eigenvalue weighted by Gasteiger charge is -2.33. The number of aryl methyl sites for hydroxylation is 1. The molecule has 2 aromatic rings. The zero-order valence-electron chi connectivity index (χ0n) is 15.2. The van der Waals surface area contributed by atoms with Crippen LogP contribution in [0.5, 0.6) is 0 Å². The smallest absolute Gasteiger partial charge is 0.305 e. The van der Waals surface area contributed by atoms with Gasteiger partial charge in [0.15, 0.2) is 5.69 Å². The zero-order chi connectivity index (χ0) is 18.8. The summed E-state index contributed by atoms with van der Waals surface area (Å²) < 4.78 is 1.60. The number of nitrogens with zero attached hydrogens (tertiary/aromatic N) is 3. The number of aromatic nitrogens is 3. The van der Waals surface area contributed by atoms with Crippen molar-refractivity contribution in [2.24, 2.45) is 5.92 Å². The minimum absolute atomic E-state index is 0.0559. The highest BCUT2D eigenvalue weighted by Gasteiger charge is 2.34. The van der Waals surface area contributed by atoms with Crippen LogP contribution in [0.3, 0.4) is 0 Å². The second-order valence-electron chi connectivity index (χ2n) is 6.87. The monoisotopic (exact) mass is 344 g/mol. The number of carboxylic acid groups (broad SMARTS) is 1. The predicted octanol–water partition coefficient (Wildman–Crippen LogP) is 2.50. The van der Waals surface area contributed by atoms with Gasteiger partial charge in [-0.25, -0.2) is 4.68 Å². The Labute approximate surface area is 147 Å². The Morgan fingerprint density at radius 2 is 2.00 bits per heavy atom. The predicted molar refractivity (Wildman–Crippen MR) is 93.8 cm³/mol. The second-order valence-corrected chi connectivity index (χ2v) is 6.87. The molecule has 2 rings (SSSR count). The number of rotatable bonds is 6. The Balaban J connectivity index is 2.30. The van der Waals surface area contributed by atoms with E-state index in [9.17, 15) is 9.59 Å². The lowest BCUT2D eigenvalue weighted by atomic mass is 9.85. The number of hydrogen-bond donors (Lipinski definition) is 2. The molecule has 0 aliphatic carbocycles. The number of carboxylic acids is 1. The molecule has 1 atom stereocenters. The molecular formula is C18H24N4O3. The Morgan fingerprint density at radius 1 is 1.32 bits per heavy atom. The van der Waals surface area contributed by atoms with Gasteiger partial charge in [0.25, 0.3) is 5.91 Å². The van der Waals surface area contributed by atoms with Crippen molar-refractivity contribution < 1.29 is 14.7 Å².